The molecule has 1 N–H and O–H groups in total. The monoisotopic (exact) mass is 602 g/mol. The molecule has 5 rings (SSSR count). The van der Waals surface area contributed by atoms with Crippen molar-refractivity contribution in [1.29, 1.82) is 0 Å². The Bertz CT molecular complexity index is 1710. The van der Waals surface area contributed by atoms with Crippen LogP contribution in [0.5, 0.6) is 5.75 Å². The molecule has 1 aromatic heterocycles. The molecule has 4 aromatic rings. The first-order chi connectivity index (χ1) is 20.3. The molecule has 1 aliphatic heterocycles. The second-order valence-corrected chi connectivity index (χ2v) is 10.4. The Hall–Kier alpha value is -4.65. The lowest BCUT2D eigenvalue weighted by molar-refractivity contribution is -0.274. The maximum absolute atomic E-state index is 15.8. The fourth-order valence-corrected chi connectivity index (χ4v) is 5.25. The maximum Gasteiger partial charge on any atom is 0.573 e. The van der Waals surface area contributed by atoms with E-state index in [0.717, 1.165) is 22.4 Å². The van der Waals surface area contributed by atoms with Crippen molar-refractivity contribution in [3.63, 3.8) is 0 Å². The second kappa shape index (κ2) is 11.6. The number of ether oxygens (including phenoxy) is 1. The largest absolute Gasteiger partial charge is 0.573 e. The SMILES string of the molecule is CN(C)Cc1ccc(-n2cc(C(=O)O)c(=O)c3cc(F)c(N4CCN(c5ccc(F)cc5)CC4)c(OC(F)(F)F)c32)cc1. The van der Waals surface area contributed by atoms with Gasteiger partial charge in [-0.25, -0.2) is 13.6 Å². The molecule has 0 spiro atoms. The second-order valence-electron chi connectivity index (χ2n) is 10.4. The van der Waals surface area contributed by atoms with E-state index in [1.807, 2.05) is 23.9 Å². The molecule has 8 nitrogen and oxygen atoms in total. The molecule has 0 atom stereocenters. The minimum atomic E-state index is -5.27. The first kappa shape index (κ1) is 29.8. The van der Waals surface area contributed by atoms with Gasteiger partial charge in [-0.15, -0.1) is 13.2 Å². The van der Waals surface area contributed by atoms with Crippen LogP contribution in [0.2, 0.25) is 0 Å². The van der Waals surface area contributed by atoms with E-state index in [4.69, 9.17) is 0 Å². The molecule has 0 unspecified atom stereocenters. The third-order valence-electron chi connectivity index (χ3n) is 7.12. The summed E-state index contributed by atoms with van der Waals surface area (Å²) >= 11 is 0. The average Bonchev–Trinajstić information content (AvgIpc) is 2.93. The van der Waals surface area contributed by atoms with Crippen LogP contribution in [0.4, 0.5) is 33.3 Å². The molecule has 13 heteroatoms. The molecular weight excluding hydrogens is 575 g/mol. The fourth-order valence-electron chi connectivity index (χ4n) is 5.25. The number of fused-ring (bicyclic) bond motifs is 1. The van der Waals surface area contributed by atoms with Crippen molar-refractivity contribution >= 4 is 28.2 Å². The quantitative estimate of drug-likeness (QED) is 0.290. The van der Waals surface area contributed by atoms with Gasteiger partial charge in [-0.05, 0) is 62.1 Å². The van der Waals surface area contributed by atoms with Gasteiger partial charge < -0.3 is 29.1 Å². The van der Waals surface area contributed by atoms with E-state index < -0.39 is 57.3 Å². The first-order valence-electron chi connectivity index (χ1n) is 13.2. The van der Waals surface area contributed by atoms with Gasteiger partial charge in [-0.1, -0.05) is 12.1 Å². The van der Waals surface area contributed by atoms with E-state index in [9.17, 15) is 32.3 Å². The molecule has 0 amide bonds. The van der Waals surface area contributed by atoms with Crippen molar-refractivity contribution in [2.75, 3.05) is 50.1 Å². The zero-order valence-corrected chi connectivity index (χ0v) is 23.2. The number of rotatable bonds is 7. The van der Waals surface area contributed by atoms with Crippen LogP contribution in [0, 0.1) is 11.6 Å². The van der Waals surface area contributed by atoms with Crippen LogP contribution in [0.25, 0.3) is 16.6 Å². The Kier molecular flexibility index (Phi) is 8.02. The maximum atomic E-state index is 15.8. The zero-order valence-electron chi connectivity index (χ0n) is 23.2. The third-order valence-corrected chi connectivity index (χ3v) is 7.12. The Morgan fingerprint density at radius 1 is 0.930 bits per heavy atom. The van der Waals surface area contributed by atoms with E-state index >= 15 is 4.39 Å². The van der Waals surface area contributed by atoms with Crippen molar-refractivity contribution < 1.29 is 36.6 Å². The number of carboxylic acid groups (broad SMARTS) is 1. The zero-order chi connectivity index (χ0) is 31.1. The van der Waals surface area contributed by atoms with Gasteiger partial charge in [0.2, 0.25) is 5.43 Å². The number of hydrogen-bond acceptors (Lipinski definition) is 6. The van der Waals surface area contributed by atoms with Crippen molar-refractivity contribution in [2.45, 2.75) is 12.9 Å². The predicted molar refractivity (Wildman–Crippen MR) is 151 cm³/mol. The van der Waals surface area contributed by atoms with Gasteiger partial charge in [0.1, 0.15) is 22.6 Å². The number of anilines is 2. The summed E-state index contributed by atoms with van der Waals surface area (Å²) in [5.74, 6) is -4.16. The number of benzene rings is 3. The van der Waals surface area contributed by atoms with Gasteiger partial charge in [0.25, 0.3) is 0 Å². The number of piperazine rings is 1. The Morgan fingerprint density at radius 2 is 1.51 bits per heavy atom. The van der Waals surface area contributed by atoms with Gasteiger partial charge in [0.05, 0.1) is 5.39 Å². The number of aromatic carboxylic acids is 1. The predicted octanol–water partition coefficient (Wildman–Crippen LogP) is 5.25. The van der Waals surface area contributed by atoms with Crippen molar-refractivity contribution in [1.82, 2.24) is 9.47 Å². The fraction of sp³-hybridized carbons (Fsp3) is 0.267. The van der Waals surface area contributed by atoms with E-state index in [-0.39, 0.29) is 31.9 Å². The minimum absolute atomic E-state index is 0.0741. The number of hydrogen-bond donors (Lipinski definition) is 1. The van der Waals surface area contributed by atoms with Gasteiger partial charge in [-0.2, -0.15) is 0 Å². The van der Waals surface area contributed by atoms with Gasteiger partial charge in [-0.3, -0.25) is 4.79 Å². The molecule has 0 aliphatic carbocycles. The highest BCUT2D eigenvalue weighted by Gasteiger charge is 2.37. The number of alkyl halides is 3. The average molecular weight is 603 g/mol. The molecule has 0 saturated carbocycles. The summed E-state index contributed by atoms with van der Waals surface area (Å²) in [5, 5.41) is 9.12. The van der Waals surface area contributed by atoms with Crippen LogP contribution in [0.3, 0.4) is 0 Å². The summed E-state index contributed by atoms with van der Waals surface area (Å²) in [6.07, 6.45) is -4.35. The number of nitrogens with zero attached hydrogens (tertiary/aromatic N) is 4. The summed E-state index contributed by atoms with van der Waals surface area (Å²) in [5.41, 5.74) is -1.03. The summed E-state index contributed by atoms with van der Waals surface area (Å²) < 4.78 is 76.4. The summed E-state index contributed by atoms with van der Waals surface area (Å²) in [7, 11) is 3.72. The summed E-state index contributed by atoms with van der Waals surface area (Å²) in [6, 6.07) is 13.0. The van der Waals surface area contributed by atoms with Gasteiger partial charge >= 0.3 is 12.3 Å². The van der Waals surface area contributed by atoms with Gasteiger partial charge in [0.15, 0.2) is 11.6 Å². The molecule has 1 aliphatic rings. The van der Waals surface area contributed by atoms with Crippen molar-refractivity contribution in [3.05, 3.63) is 93.8 Å². The highest BCUT2D eigenvalue weighted by molar-refractivity contribution is 5.98. The van der Waals surface area contributed by atoms with Crippen LogP contribution in [-0.4, -0.2) is 67.2 Å². The number of halogens is 5. The molecule has 3 aromatic carbocycles. The summed E-state index contributed by atoms with van der Waals surface area (Å²) in [6.45, 7) is 1.25. The highest BCUT2D eigenvalue weighted by Crippen LogP contribution is 2.42. The number of carbonyl (C=O) groups is 1. The van der Waals surface area contributed by atoms with Crippen LogP contribution < -0.4 is 20.0 Å². The molecule has 2 heterocycles. The van der Waals surface area contributed by atoms with Crippen molar-refractivity contribution in [2.24, 2.45) is 0 Å². The number of carboxylic acids is 1. The molecule has 1 saturated heterocycles. The number of pyridine rings is 1. The highest BCUT2D eigenvalue weighted by atomic mass is 19.4. The molecule has 0 radical (unpaired) electrons. The lowest BCUT2D eigenvalue weighted by Crippen LogP contribution is -2.47. The first-order valence-corrected chi connectivity index (χ1v) is 13.2. The van der Waals surface area contributed by atoms with Crippen LogP contribution >= 0.6 is 0 Å². The van der Waals surface area contributed by atoms with E-state index in [0.29, 0.717) is 12.2 Å². The van der Waals surface area contributed by atoms with Crippen LogP contribution in [0.15, 0.2) is 65.6 Å². The van der Waals surface area contributed by atoms with Crippen LogP contribution in [-0.2, 0) is 6.54 Å². The van der Waals surface area contributed by atoms with Crippen LogP contribution in [0.1, 0.15) is 15.9 Å². The molecule has 43 heavy (non-hydrogen) atoms. The molecular formula is C30H27F5N4O4. The number of aromatic nitrogens is 1. The molecule has 226 valence electrons. The Morgan fingerprint density at radius 3 is 2.07 bits per heavy atom. The van der Waals surface area contributed by atoms with Gasteiger partial charge in [0, 0.05) is 50.3 Å². The lowest BCUT2D eigenvalue weighted by Gasteiger charge is -2.38. The third kappa shape index (κ3) is 6.26. The smallest absolute Gasteiger partial charge is 0.477 e. The molecule has 1 fully saturated rings. The topological polar surface area (TPSA) is 78.2 Å². The van der Waals surface area contributed by atoms with E-state index in [1.165, 1.54) is 17.0 Å². The standard InChI is InChI=1S/C30H27F5N4O4/c1-36(2)16-18-3-7-21(8-4-18)39-17-23(29(41)42)27(40)22-15-24(32)26(28(25(22)39)43-30(33,34)35)38-13-11-37(12-14-38)20-9-5-19(31)6-10-20/h3-10,15,17H,11-14,16H2,1-2H3,(H,41,42). The normalized spacial score (nSPS) is 14.0. The molecule has 0 bridgehead atoms. The van der Waals surface area contributed by atoms with Crippen molar-refractivity contribution in [3.8, 4) is 11.4 Å². The summed E-state index contributed by atoms with van der Waals surface area (Å²) in [4.78, 5) is 30.3. The van der Waals surface area contributed by atoms with E-state index in [1.54, 1.807) is 36.4 Å². The minimum Gasteiger partial charge on any atom is -0.477 e. The van der Waals surface area contributed by atoms with E-state index in [2.05, 4.69) is 4.74 Å². The lowest BCUT2D eigenvalue weighted by atomic mass is 10.1. The Labute approximate surface area is 242 Å². The Balaban J connectivity index is 1.68.